The van der Waals surface area contributed by atoms with Crippen molar-refractivity contribution in [3.05, 3.63) is 47.0 Å². The minimum Gasteiger partial charge on any atom is -0.295 e. The fraction of sp³-hybridized carbons (Fsp3) is 0.250. The summed E-state index contributed by atoms with van der Waals surface area (Å²) in [6, 6.07) is 7.76. The predicted molar refractivity (Wildman–Crippen MR) is 57.6 cm³/mol. The molecule has 0 fully saturated rings. The van der Waals surface area contributed by atoms with Crippen molar-refractivity contribution in [3.63, 3.8) is 0 Å². The largest absolute Gasteiger partial charge is 0.295 e. The molecule has 1 unspecified atom stereocenters. The highest BCUT2D eigenvalue weighted by molar-refractivity contribution is 6.30. The molecule has 0 aliphatic heterocycles. The van der Waals surface area contributed by atoms with Crippen LogP contribution in [0, 0.1) is 0 Å². The Balaban J connectivity index is 2.23. The number of carbonyl (C=O) groups is 1. The van der Waals surface area contributed by atoms with E-state index < -0.39 is 0 Å². The van der Waals surface area contributed by atoms with Gasteiger partial charge in [0, 0.05) is 11.4 Å². The molecule has 1 aromatic carbocycles. The molecule has 14 heavy (non-hydrogen) atoms. The molecule has 0 aromatic heterocycles. The predicted octanol–water partition coefficient (Wildman–Crippen LogP) is 3.34. The van der Waals surface area contributed by atoms with Gasteiger partial charge in [-0.15, -0.1) is 0 Å². The van der Waals surface area contributed by atoms with Crippen LogP contribution in [0.2, 0.25) is 5.02 Å². The first kappa shape index (κ1) is 9.47. The maximum absolute atomic E-state index is 11.2. The van der Waals surface area contributed by atoms with E-state index in [0.29, 0.717) is 12.3 Å². The van der Waals surface area contributed by atoms with Gasteiger partial charge in [-0.05, 0) is 36.1 Å². The van der Waals surface area contributed by atoms with E-state index in [-0.39, 0.29) is 5.78 Å². The number of allylic oxidation sites excluding steroid dienone is 2. The lowest BCUT2D eigenvalue weighted by atomic mass is 9.87. The Kier molecular flexibility index (Phi) is 2.69. The molecule has 0 spiro atoms. The number of ketones is 1. The summed E-state index contributed by atoms with van der Waals surface area (Å²) in [6.07, 6.45) is 5.15. The molecule has 1 nitrogen and oxygen atoms in total. The van der Waals surface area contributed by atoms with Crippen molar-refractivity contribution in [1.29, 1.82) is 0 Å². The van der Waals surface area contributed by atoms with Crippen LogP contribution in [0.1, 0.15) is 24.3 Å². The van der Waals surface area contributed by atoms with Gasteiger partial charge in [0.15, 0.2) is 5.78 Å². The molecule has 1 aliphatic carbocycles. The third-order valence-corrected chi connectivity index (χ3v) is 2.73. The van der Waals surface area contributed by atoms with Crippen LogP contribution in [-0.4, -0.2) is 5.78 Å². The molecule has 0 saturated heterocycles. The van der Waals surface area contributed by atoms with Crippen molar-refractivity contribution in [3.8, 4) is 0 Å². The topological polar surface area (TPSA) is 17.1 Å². The second-order valence-corrected chi connectivity index (χ2v) is 4.00. The highest BCUT2D eigenvalue weighted by atomic mass is 35.5. The van der Waals surface area contributed by atoms with Crippen LogP contribution in [0.4, 0.5) is 0 Å². The maximum Gasteiger partial charge on any atom is 0.155 e. The van der Waals surface area contributed by atoms with E-state index >= 15 is 0 Å². The minimum absolute atomic E-state index is 0.209. The first-order chi connectivity index (χ1) is 6.75. The Morgan fingerprint density at radius 2 is 2.21 bits per heavy atom. The van der Waals surface area contributed by atoms with E-state index in [4.69, 9.17) is 11.6 Å². The van der Waals surface area contributed by atoms with Gasteiger partial charge in [0.1, 0.15) is 0 Å². The number of carbonyl (C=O) groups excluding carboxylic acids is 1. The van der Waals surface area contributed by atoms with Crippen molar-refractivity contribution < 1.29 is 4.79 Å². The third kappa shape index (κ3) is 2.05. The summed E-state index contributed by atoms with van der Waals surface area (Å²) in [7, 11) is 0. The zero-order chi connectivity index (χ0) is 9.97. The normalized spacial score (nSPS) is 21.2. The van der Waals surface area contributed by atoms with Gasteiger partial charge in [-0.3, -0.25) is 4.79 Å². The van der Waals surface area contributed by atoms with Gasteiger partial charge in [-0.25, -0.2) is 0 Å². The molecular formula is C12H11ClO. The van der Waals surface area contributed by atoms with Crippen LogP contribution in [0.5, 0.6) is 0 Å². The quantitative estimate of drug-likeness (QED) is 0.689. The van der Waals surface area contributed by atoms with Crippen LogP contribution in [0.25, 0.3) is 0 Å². The molecule has 0 saturated carbocycles. The van der Waals surface area contributed by atoms with Gasteiger partial charge < -0.3 is 0 Å². The van der Waals surface area contributed by atoms with Crippen molar-refractivity contribution >= 4 is 17.4 Å². The summed E-state index contributed by atoms with van der Waals surface area (Å²) in [5.41, 5.74) is 1.16. The summed E-state index contributed by atoms with van der Waals surface area (Å²) in [4.78, 5) is 11.2. The van der Waals surface area contributed by atoms with Crippen LogP contribution < -0.4 is 0 Å². The van der Waals surface area contributed by atoms with E-state index in [2.05, 4.69) is 0 Å². The summed E-state index contributed by atoms with van der Waals surface area (Å²) in [6.45, 7) is 0. The first-order valence-corrected chi connectivity index (χ1v) is 5.08. The molecular weight excluding hydrogens is 196 g/mol. The van der Waals surface area contributed by atoms with Gasteiger partial charge in [0.05, 0.1) is 0 Å². The van der Waals surface area contributed by atoms with E-state index in [0.717, 1.165) is 17.0 Å². The van der Waals surface area contributed by atoms with Gasteiger partial charge in [0.2, 0.25) is 0 Å². The lowest BCUT2D eigenvalue weighted by molar-refractivity contribution is -0.115. The van der Waals surface area contributed by atoms with Gasteiger partial charge >= 0.3 is 0 Å². The Hall–Kier alpha value is -1.08. The van der Waals surface area contributed by atoms with Crippen LogP contribution in [0.3, 0.4) is 0 Å². The Morgan fingerprint density at radius 1 is 1.36 bits per heavy atom. The zero-order valence-electron chi connectivity index (χ0n) is 7.74. The zero-order valence-corrected chi connectivity index (χ0v) is 8.50. The van der Waals surface area contributed by atoms with Gasteiger partial charge in [-0.2, -0.15) is 0 Å². The summed E-state index contributed by atoms with van der Waals surface area (Å²) < 4.78 is 0. The lowest BCUT2D eigenvalue weighted by Gasteiger charge is -2.17. The molecule has 0 bridgehead atoms. The van der Waals surface area contributed by atoms with E-state index in [1.807, 2.05) is 30.3 Å². The minimum atomic E-state index is 0.209. The average molecular weight is 207 g/mol. The molecule has 1 aliphatic rings. The van der Waals surface area contributed by atoms with Crippen LogP contribution in [0.15, 0.2) is 36.4 Å². The molecule has 0 heterocycles. The smallest absolute Gasteiger partial charge is 0.155 e. The molecule has 0 radical (unpaired) electrons. The number of hydrogen-bond donors (Lipinski definition) is 0. The van der Waals surface area contributed by atoms with Gasteiger partial charge in [-0.1, -0.05) is 29.8 Å². The summed E-state index contributed by atoms with van der Waals surface area (Å²) in [5.74, 6) is 0.521. The highest BCUT2D eigenvalue weighted by Crippen LogP contribution is 2.28. The average Bonchev–Trinajstić information content (AvgIpc) is 2.18. The number of halogens is 1. The van der Waals surface area contributed by atoms with Crippen LogP contribution in [-0.2, 0) is 4.79 Å². The van der Waals surface area contributed by atoms with Gasteiger partial charge in [0.25, 0.3) is 0 Å². The standard InChI is InChI=1S/C12H11ClO/c13-11-5-1-3-9(7-11)10-4-2-6-12(14)8-10/h1-3,5-7,10H,4,8H2. The fourth-order valence-corrected chi connectivity index (χ4v) is 1.97. The van der Waals surface area contributed by atoms with E-state index in [1.165, 1.54) is 0 Å². The van der Waals surface area contributed by atoms with Crippen LogP contribution >= 0.6 is 11.6 Å². The van der Waals surface area contributed by atoms with E-state index in [9.17, 15) is 4.79 Å². The molecule has 0 amide bonds. The van der Waals surface area contributed by atoms with Crippen molar-refractivity contribution in [1.82, 2.24) is 0 Å². The Morgan fingerprint density at radius 3 is 2.93 bits per heavy atom. The molecule has 1 aromatic rings. The lowest BCUT2D eigenvalue weighted by Crippen LogP contribution is -2.08. The molecule has 1 atom stereocenters. The Labute approximate surface area is 88.4 Å². The second kappa shape index (κ2) is 3.97. The molecule has 0 N–H and O–H groups in total. The SMILES string of the molecule is O=C1C=CCC(c2cccc(Cl)c2)C1. The third-order valence-electron chi connectivity index (χ3n) is 2.49. The van der Waals surface area contributed by atoms with Crippen molar-refractivity contribution in [2.24, 2.45) is 0 Å². The first-order valence-electron chi connectivity index (χ1n) is 4.70. The summed E-state index contributed by atoms with van der Waals surface area (Å²) in [5, 5.41) is 0.740. The highest BCUT2D eigenvalue weighted by Gasteiger charge is 2.16. The molecule has 2 rings (SSSR count). The van der Waals surface area contributed by atoms with Crippen molar-refractivity contribution in [2.75, 3.05) is 0 Å². The number of hydrogen-bond acceptors (Lipinski definition) is 1. The van der Waals surface area contributed by atoms with E-state index in [1.54, 1.807) is 6.08 Å². The number of rotatable bonds is 1. The molecule has 2 heteroatoms. The van der Waals surface area contributed by atoms with Crippen molar-refractivity contribution in [2.45, 2.75) is 18.8 Å². The monoisotopic (exact) mass is 206 g/mol. The maximum atomic E-state index is 11.2. The second-order valence-electron chi connectivity index (χ2n) is 3.56. The Bertz CT molecular complexity index is 382. The summed E-state index contributed by atoms with van der Waals surface area (Å²) >= 11 is 5.90. The fourth-order valence-electron chi connectivity index (χ4n) is 1.77. The molecule has 72 valence electrons. The number of benzene rings is 1.